The summed E-state index contributed by atoms with van der Waals surface area (Å²) in [5.41, 5.74) is 1.79. The van der Waals surface area contributed by atoms with Crippen LogP contribution in [0.15, 0.2) is 41.9 Å². The number of carbonyl (C=O) groups excluding carboxylic acids is 1. The van der Waals surface area contributed by atoms with Crippen molar-refractivity contribution in [2.45, 2.75) is 25.5 Å². The molecule has 6 nitrogen and oxygen atoms in total. The van der Waals surface area contributed by atoms with Crippen molar-refractivity contribution >= 4 is 34.5 Å². The summed E-state index contributed by atoms with van der Waals surface area (Å²) < 4.78 is 7.53. The highest BCUT2D eigenvalue weighted by atomic mass is 32.1. The predicted molar refractivity (Wildman–Crippen MR) is 106 cm³/mol. The van der Waals surface area contributed by atoms with Gasteiger partial charge in [0.25, 0.3) is 0 Å². The maximum Gasteiger partial charge on any atom is 0.246 e. The number of hydrogen-bond donors (Lipinski definition) is 0. The van der Waals surface area contributed by atoms with Crippen LogP contribution in [0.3, 0.4) is 0 Å². The van der Waals surface area contributed by atoms with Crippen molar-refractivity contribution in [2.24, 2.45) is 0 Å². The second-order valence-corrected chi connectivity index (χ2v) is 7.56. The lowest BCUT2D eigenvalue weighted by molar-refractivity contribution is -0.127. The Labute approximate surface area is 162 Å². The van der Waals surface area contributed by atoms with Crippen LogP contribution in [-0.2, 0) is 16.1 Å². The number of pyridine rings is 1. The van der Waals surface area contributed by atoms with E-state index in [1.807, 2.05) is 40.6 Å². The van der Waals surface area contributed by atoms with E-state index in [0.29, 0.717) is 6.61 Å². The van der Waals surface area contributed by atoms with Gasteiger partial charge in [0, 0.05) is 43.4 Å². The summed E-state index contributed by atoms with van der Waals surface area (Å²) >= 11 is 1.63. The summed E-state index contributed by atoms with van der Waals surface area (Å²) in [6.07, 6.45) is 7.14. The molecular weight excluding hydrogens is 360 g/mol. The number of imidazole rings is 1. The predicted octanol–water partition coefficient (Wildman–Crippen LogP) is 3.52. The quantitative estimate of drug-likeness (QED) is 0.634. The molecule has 0 aromatic carbocycles. The third kappa shape index (κ3) is 3.79. The van der Waals surface area contributed by atoms with Gasteiger partial charge in [0.1, 0.15) is 17.9 Å². The summed E-state index contributed by atoms with van der Waals surface area (Å²) in [5, 5.41) is 2.01. The highest BCUT2D eigenvalue weighted by molar-refractivity contribution is 7.10. The molecule has 0 unspecified atom stereocenters. The SMILES string of the molecule is COCc1nc2cccnc2n1C1CCN(C(=O)C=Cc2cccs2)CC1. The van der Waals surface area contributed by atoms with Gasteiger partial charge in [-0.3, -0.25) is 4.79 Å². The molecule has 1 fully saturated rings. The minimum atomic E-state index is 0.0765. The molecule has 140 valence electrons. The molecule has 0 radical (unpaired) electrons. The lowest BCUT2D eigenvalue weighted by atomic mass is 10.0. The summed E-state index contributed by atoms with van der Waals surface area (Å²) in [7, 11) is 1.68. The molecule has 4 heterocycles. The maximum atomic E-state index is 12.5. The van der Waals surface area contributed by atoms with Crippen molar-refractivity contribution < 1.29 is 9.53 Å². The van der Waals surface area contributed by atoms with Crippen LogP contribution in [0.1, 0.15) is 29.6 Å². The Morgan fingerprint density at radius 1 is 1.33 bits per heavy atom. The largest absolute Gasteiger partial charge is 0.377 e. The topological polar surface area (TPSA) is 60.3 Å². The fraction of sp³-hybridized carbons (Fsp3) is 0.350. The first-order valence-electron chi connectivity index (χ1n) is 9.07. The van der Waals surface area contributed by atoms with Gasteiger partial charge in [-0.2, -0.15) is 0 Å². The second-order valence-electron chi connectivity index (χ2n) is 6.58. The average molecular weight is 382 g/mol. The van der Waals surface area contributed by atoms with Gasteiger partial charge in [-0.25, -0.2) is 9.97 Å². The molecule has 0 aliphatic carbocycles. The summed E-state index contributed by atoms with van der Waals surface area (Å²) in [4.78, 5) is 24.7. The molecule has 0 N–H and O–H groups in total. The number of nitrogens with zero attached hydrogens (tertiary/aromatic N) is 4. The molecule has 3 aromatic heterocycles. The van der Waals surface area contributed by atoms with Crippen molar-refractivity contribution in [3.63, 3.8) is 0 Å². The lowest BCUT2D eigenvalue weighted by Gasteiger charge is -2.32. The first kappa shape index (κ1) is 17.9. The molecule has 1 aliphatic rings. The molecule has 1 saturated heterocycles. The number of aromatic nitrogens is 3. The molecule has 27 heavy (non-hydrogen) atoms. The van der Waals surface area contributed by atoms with Crippen LogP contribution in [0.5, 0.6) is 0 Å². The molecule has 4 rings (SSSR count). The van der Waals surface area contributed by atoms with Crippen LogP contribution in [-0.4, -0.2) is 45.5 Å². The van der Waals surface area contributed by atoms with E-state index in [1.54, 1.807) is 30.7 Å². The molecule has 1 amide bonds. The minimum absolute atomic E-state index is 0.0765. The fourth-order valence-corrected chi connectivity index (χ4v) is 4.20. The molecule has 7 heteroatoms. The van der Waals surface area contributed by atoms with Gasteiger partial charge >= 0.3 is 0 Å². The molecule has 0 bridgehead atoms. The van der Waals surface area contributed by atoms with E-state index >= 15 is 0 Å². The van der Waals surface area contributed by atoms with Crippen molar-refractivity contribution in [2.75, 3.05) is 20.2 Å². The molecule has 1 aliphatic heterocycles. The van der Waals surface area contributed by atoms with Crippen LogP contribution in [0.2, 0.25) is 0 Å². The van der Waals surface area contributed by atoms with E-state index in [2.05, 4.69) is 14.5 Å². The normalized spacial score (nSPS) is 15.8. The monoisotopic (exact) mass is 382 g/mol. The molecular formula is C20H22N4O2S. The molecule has 0 atom stereocenters. The van der Waals surface area contributed by atoms with E-state index in [-0.39, 0.29) is 11.9 Å². The number of ether oxygens (including phenoxy) is 1. The molecule has 3 aromatic rings. The van der Waals surface area contributed by atoms with Crippen molar-refractivity contribution in [1.82, 2.24) is 19.4 Å². The maximum absolute atomic E-state index is 12.5. The number of hydrogen-bond acceptors (Lipinski definition) is 5. The number of piperidine rings is 1. The van der Waals surface area contributed by atoms with Gasteiger partial charge in [-0.05, 0) is 42.5 Å². The van der Waals surface area contributed by atoms with Crippen LogP contribution in [0.4, 0.5) is 0 Å². The van der Waals surface area contributed by atoms with E-state index in [9.17, 15) is 4.79 Å². The Balaban J connectivity index is 1.47. The second kappa shape index (κ2) is 8.02. The smallest absolute Gasteiger partial charge is 0.246 e. The Morgan fingerprint density at radius 3 is 2.93 bits per heavy atom. The van der Waals surface area contributed by atoms with Crippen LogP contribution < -0.4 is 0 Å². The van der Waals surface area contributed by atoms with Crippen molar-refractivity contribution in [3.8, 4) is 0 Å². The third-order valence-corrected chi connectivity index (χ3v) is 5.71. The van der Waals surface area contributed by atoms with E-state index in [0.717, 1.165) is 47.8 Å². The number of carbonyl (C=O) groups is 1. The number of likely N-dealkylation sites (tertiary alicyclic amines) is 1. The summed E-state index contributed by atoms with van der Waals surface area (Å²) in [6.45, 7) is 1.92. The average Bonchev–Trinajstić information content (AvgIpc) is 3.34. The van der Waals surface area contributed by atoms with E-state index < -0.39 is 0 Å². The van der Waals surface area contributed by atoms with Crippen LogP contribution >= 0.6 is 11.3 Å². The Bertz CT molecular complexity index is 940. The molecule has 0 spiro atoms. The Morgan fingerprint density at radius 2 is 2.19 bits per heavy atom. The van der Waals surface area contributed by atoms with Crippen molar-refractivity contribution in [3.05, 3.63) is 52.6 Å². The number of methoxy groups -OCH3 is 1. The zero-order valence-corrected chi connectivity index (χ0v) is 16.1. The lowest BCUT2D eigenvalue weighted by Crippen LogP contribution is -2.38. The van der Waals surface area contributed by atoms with Gasteiger partial charge in [0.15, 0.2) is 5.65 Å². The van der Waals surface area contributed by atoms with Gasteiger partial charge < -0.3 is 14.2 Å². The van der Waals surface area contributed by atoms with E-state index in [1.165, 1.54) is 0 Å². The number of amides is 1. The summed E-state index contributed by atoms with van der Waals surface area (Å²) in [5.74, 6) is 0.973. The first-order chi connectivity index (χ1) is 13.3. The fourth-order valence-electron chi connectivity index (χ4n) is 3.58. The zero-order chi connectivity index (χ0) is 18.6. The zero-order valence-electron chi connectivity index (χ0n) is 15.2. The van der Waals surface area contributed by atoms with Crippen LogP contribution in [0.25, 0.3) is 17.2 Å². The highest BCUT2D eigenvalue weighted by Gasteiger charge is 2.26. The number of rotatable bonds is 5. The standard InChI is InChI=1S/C20H22N4O2S/c1-26-14-18-22-17-5-2-10-21-20(17)24(18)15-8-11-23(12-9-15)19(25)7-6-16-4-3-13-27-16/h2-7,10,13,15H,8-9,11-12,14H2,1H3. The Hall–Kier alpha value is -2.51. The minimum Gasteiger partial charge on any atom is -0.377 e. The third-order valence-electron chi connectivity index (χ3n) is 4.87. The van der Waals surface area contributed by atoms with Gasteiger partial charge in [0.05, 0.1) is 0 Å². The number of thiophene rings is 1. The molecule has 0 saturated carbocycles. The number of fused-ring (bicyclic) bond motifs is 1. The van der Waals surface area contributed by atoms with E-state index in [4.69, 9.17) is 4.74 Å². The van der Waals surface area contributed by atoms with Gasteiger partial charge in [0.2, 0.25) is 5.91 Å². The van der Waals surface area contributed by atoms with Crippen molar-refractivity contribution in [1.29, 1.82) is 0 Å². The van der Waals surface area contributed by atoms with Gasteiger partial charge in [-0.1, -0.05) is 6.07 Å². The highest BCUT2D eigenvalue weighted by Crippen LogP contribution is 2.28. The van der Waals surface area contributed by atoms with Gasteiger partial charge in [-0.15, -0.1) is 11.3 Å². The Kier molecular flexibility index (Phi) is 5.31. The summed E-state index contributed by atoms with van der Waals surface area (Å²) in [6, 6.07) is 8.15. The van der Waals surface area contributed by atoms with Crippen LogP contribution in [0, 0.1) is 0 Å². The first-order valence-corrected chi connectivity index (χ1v) is 9.95.